The van der Waals surface area contributed by atoms with Gasteiger partial charge in [0.25, 0.3) is 0 Å². The molecule has 0 atom stereocenters. The Morgan fingerprint density at radius 3 is 2.73 bits per heavy atom. The molecule has 3 nitrogen and oxygen atoms in total. The second-order valence-electron chi connectivity index (χ2n) is 3.30. The summed E-state index contributed by atoms with van der Waals surface area (Å²) >= 11 is 6.10. The van der Waals surface area contributed by atoms with Crippen molar-refractivity contribution in [2.45, 2.75) is 13.5 Å². The second kappa shape index (κ2) is 4.04. The van der Waals surface area contributed by atoms with Crippen molar-refractivity contribution in [1.29, 1.82) is 0 Å². The number of hydrogen-bond donors (Lipinski definition) is 1. The zero-order valence-corrected chi connectivity index (χ0v) is 9.20. The summed E-state index contributed by atoms with van der Waals surface area (Å²) in [4.78, 5) is 4.33. The first kappa shape index (κ1) is 10.2. The highest BCUT2D eigenvalue weighted by molar-refractivity contribution is 6.32. The Labute approximate surface area is 93.5 Å². The summed E-state index contributed by atoms with van der Waals surface area (Å²) in [6.07, 6.45) is 1.91. The van der Waals surface area contributed by atoms with Gasteiger partial charge in [0.15, 0.2) is 0 Å². The Bertz CT molecular complexity index is 476. The van der Waals surface area contributed by atoms with E-state index in [4.69, 9.17) is 17.3 Å². The van der Waals surface area contributed by atoms with Crippen molar-refractivity contribution in [2.75, 3.05) is 0 Å². The van der Waals surface area contributed by atoms with E-state index in [1.807, 2.05) is 42.0 Å². The molecule has 1 aromatic heterocycles. The molecule has 0 bridgehead atoms. The highest BCUT2D eigenvalue weighted by Gasteiger charge is 2.07. The lowest BCUT2D eigenvalue weighted by Crippen LogP contribution is -1.96. The van der Waals surface area contributed by atoms with E-state index in [1.54, 1.807) is 0 Å². The van der Waals surface area contributed by atoms with Crippen LogP contribution in [0, 0.1) is 6.92 Å². The van der Waals surface area contributed by atoms with Gasteiger partial charge in [0.2, 0.25) is 0 Å². The molecule has 0 aliphatic rings. The number of hydrogen-bond acceptors (Lipinski definition) is 2. The van der Waals surface area contributed by atoms with Crippen LogP contribution in [0.5, 0.6) is 0 Å². The van der Waals surface area contributed by atoms with Gasteiger partial charge in [0.05, 0.1) is 16.4 Å². The number of aromatic nitrogens is 2. The van der Waals surface area contributed by atoms with Gasteiger partial charge < -0.3 is 10.3 Å². The zero-order chi connectivity index (χ0) is 10.8. The third-order valence-electron chi connectivity index (χ3n) is 2.25. The fourth-order valence-corrected chi connectivity index (χ4v) is 1.75. The van der Waals surface area contributed by atoms with Gasteiger partial charge in [-0.2, -0.15) is 0 Å². The zero-order valence-electron chi connectivity index (χ0n) is 8.44. The summed E-state index contributed by atoms with van der Waals surface area (Å²) < 4.78 is 1.95. The molecule has 1 aromatic carbocycles. The predicted octanol–water partition coefficient (Wildman–Crippen LogP) is 2.29. The van der Waals surface area contributed by atoms with Gasteiger partial charge in [-0.05, 0) is 19.1 Å². The van der Waals surface area contributed by atoms with Crippen molar-refractivity contribution < 1.29 is 0 Å². The van der Waals surface area contributed by atoms with Crippen LogP contribution in [0.1, 0.15) is 11.5 Å². The lowest BCUT2D eigenvalue weighted by molar-refractivity contribution is 0.969. The standard InChI is InChI=1S/C11H12ClN3/c1-8-14-9(6-13)7-15(8)11-5-3-2-4-10(11)12/h2-5,7H,6,13H2,1H3. The van der Waals surface area contributed by atoms with E-state index in [0.29, 0.717) is 11.6 Å². The molecular weight excluding hydrogens is 210 g/mol. The minimum absolute atomic E-state index is 0.443. The Morgan fingerprint density at radius 2 is 2.13 bits per heavy atom. The SMILES string of the molecule is Cc1nc(CN)cn1-c1ccccc1Cl. The summed E-state index contributed by atoms with van der Waals surface area (Å²) in [5, 5.41) is 0.710. The molecule has 2 rings (SSSR count). The third kappa shape index (κ3) is 1.89. The van der Waals surface area contributed by atoms with Gasteiger partial charge in [-0.25, -0.2) is 4.98 Å². The van der Waals surface area contributed by atoms with Gasteiger partial charge in [-0.15, -0.1) is 0 Å². The number of aryl methyl sites for hydroxylation is 1. The van der Waals surface area contributed by atoms with Crippen LogP contribution in [-0.4, -0.2) is 9.55 Å². The third-order valence-corrected chi connectivity index (χ3v) is 2.57. The summed E-state index contributed by atoms with van der Waals surface area (Å²) in [5.74, 6) is 0.892. The van der Waals surface area contributed by atoms with Crippen LogP contribution in [0.15, 0.2) is 30.5 Å². The molecule has 0 aliphatic carbocycles. The molecule has 2 N–H and O–H groups in total. The quantitative estimate of drug-likeness (QED) is 0.846. The smallest absolute Gasteiger partial charge is 0.110 e. The van der Waals surface area contributed by atoms with Gasteiger partial charge in [-0.1, -0.05) is 23.7 Å². The average molecular weight is 222 g/mol. The van der Waals surface area contributed by atoms with Gasteiger partial charge in [0.1, 0.15) is 5.82 Å². The maximum absolute atomic E-state index is 6.10. The number of nitrogens with zero attached hydrogens (tertiary/aromatic N) is 2. The molecule has 2 aromatic rings. The normalized spacial score (nSPS) is 10.6. The molecule has 0 amide bonds. The number of nitrogens with two attached hydrogens (primary N) is 1. The summed E-state index contributed by atoms with van der Waals surface area (Å²) in [6, 6.07) is 7.67. The highest BCUT2D eigenvalue weighted by atomic mass is 35.5. The minimum atomic E-state index is 0.443. The van der Waals surface area contributed by atoms with Crippen LogP contribution in [0.3, 0.4) is 0 Å². The van der Waals surface area contributed by atoms with Crippen molar-refractivity contribution in [3.8, 4) is 5.69 Å². The number of para-hydroxylation sites is 1. The van der Waals surface area contributed by atoms with Gasteiger partial charge in [-0.3, -0.25) is 0 Å². The monoisotopic (exact) mass is 221 g/mol. The molecule has 0 unspecified atom stereocenters. The van der Waals surface area contributed by atoms with Crippen LogP contribution in [0.4, 0.5) is 0 Å². The fraction of sp³-hybridized carbons (Fsp3) is 0.182. The van der Waals surface area contributed by atoms with Crippen LogP contribution in [-0.2, 0) is 6.54 Å². The van der Waals surface area contributed by atoms with Crippen molar-refractivity contribution in [2.24, 2.45) is 5.73 Å². The van der Waals surface area contributed by atoms with E-state index in [1.165, 1.54) is 0 Å². The first-order valence-electron chi connectivity index (χ1n) is 4.72. The molecule has 0 saturated heterocycles. The van der Waals surface area contributed by atoms with Crippen LogP contribution in [0.2, 0.25) is 5.02 Å². The molecule has 0 aliphatic heterocycles. The predicted molar refractivity (Wildman–Crippen MR) is 61.2 cm³/mol. The fourth-order valence-electron chi connectivity index (χ4n) is 1.52. The van der Waals surface area contributed by atoms with Crippen molar-refractivity contribution >= 4 is 11.6 Å². The Kier molecular flexibility index (Phi) is 2.75. The molecule has 78 valence electrons. The van der Waals surface area contributed by atoms with E-state index >= 15 is 0 Å². The van der Waals surface area contributed by atoms with E-state index in [2.05, 4.69) is 4.98 Å². The Balaban J connectivity index is 2.54. The van der Waals surface area contributed by atoms with E-state index < -0.39 is 0 Å². The van der Waals surface area contributed by atoms with Gasteiger partial charge >= 0.3 is 0 Å². The lowest BCUT2D eigenvalue weighted by Gasteiger charge is -2.06. The summed E-state index contributed by atoms with van der Waals surface area (Å²) in [6.45, 7) is 2.38. The van der Waals surface area contributed by atoms with Crippen molar-refractivity contribution in [3.63, 3.8) is 0 Å². The van der Waals surface area contributed by atoms with Crippen molar-refractivity contribution in [3.05, 3.63) is 47.0 Å². The maximum Gasteiger partial charge on any atom is 0.110 e. The molecule has 0 radical (unpaired) electrons. The van der Waals surface area contributed by atoms with Crippen LogP contribution < -0.4 is 5.73 Å². The number of benzene rings is 1. The largest absolute Gasteiger partial charge is 0.325 e. The molecule has 0 fully saturated rings. The minimum Gasteiger partial charge on any atom is -0.325 e. The van der Waals surface area contributed by atoms with Gasteiger partial charge in [0, 0.05) is 12.7 Å². The second-order valence-corrected chi connectivity index (χ2v) is 3.71. The van der Waals surface area contributed by atoms with Crippen LogP contribution >= 0.6 is 11.6 Å². The van der Waals surface area contributed by atoms with E-state index in [-0.39, 0.29) is 0 Å². The number of imidazole rings is 1. The highest BCUT2D eigenvalue weighted by Crippen LogP contribution is 2.21. The molecule has 4 heteroatoms. The van der Waals surface area contributed by atoms with E-state index in [9.17, 15) is 0 Å². The molecule has 0 spiro atoms. The maximum atomic E-state index is 6.10. The first-order chi connectivity index (χ1) is 7.22. The molecular formula is C11H12ClN3. The summed E-state index contributed by atoms with van der Waals surface area (Å²) in [7, 11) is 0. The lowest BCUT2D eigenvalue weighted by atomic mass is 10.3. The number of rotatable bonds is 2. The molecule has 15 heavy (non-hydrogen) atoms. The first-order valence-corrected chi connectivity index (χ1v) is 5.10. The topological polar surface area (TPSA) is 43.8 Å². The average Bonchev–Trinajstić information content (AvgIpc) is 2.60. The van der Waals surface area contributed by atoms with Crippen molar-refractivity contribution in [1.82, 2.24) is 9.55 Å². The van der Waals surface area contributed by atoms with E-state index in [0.717, 1.165) is 17.2 Å². The molecule has 0 saturated carbocycles. The number of halogens is 1. The van der Waals surface area contributed by atoms with Crippen LogP contribution in [0.25, 0.3) is 5.69 Å². The Morgan fingerprint density at radius 1 is 1.40 bits per heavy atom. The summed E-state index contributed by atoms with van der Waals surface area (Å²) in [5.41, 5.74) is 7.34. The Hall–Kier alpha value is -1.32. The molecule has 1 heterocycles.